The fraction of sp³-hybridized carbons (Fsp3) is 0.0556. The number of rotatable bonds is 2. The monoisotopic (exact) mass is 295 g/mol. The second kappa shape index (κ2) is 5.58. The fourth-order valence-corrected chi connectivity index (χ4v) is 2.53. The number of anilines is 1. The Hall–Kier alpha value is -2.32. The van der Waals surface area contributed by atoms with Gasteiger partial charge in [-0.1, -0.05) is 54.1 Å². The average molecular weight is 296 g/mol. The second-order valence-corrected chi connectivity index (χ2v) is 5.30. The third-order valence-electron chi connectivity index (χ3n) is 3.55. The standard InChI is InChI=1S/C18H14ClNO/c1-12-16(19)10-5-11-17(12)20-18(21)15-9-4-7-13-6-2-3-8-14(13)15/h2-11H,1H3,(H,20,21). The van der Waals surface area contributed by atoms with E-state index in [1.54, 1.807) is 0 Å². The molecule has 3 aromatic carbocycles. The molecule has 21 heavy (non-hydrogen) atoms. The van der Waals surface area contributed by atoms with E-state index in [1.807, 2.05) is 67.6 Å². The number of halogens is 1. The maximum Gasteiger partial charge on any atom is 0.256 e. The van der Waals surface area contributed by atoms with Crippen molar-refractivity contribution in [2.45, 2.75) is 6.92 Å². The molecular weight excluding hydrogens is 282 g/mol. The minimum atomic E-state index is -0.128. The molecule has 3 heteroatoms. The predicted molar refractivity (Wildman–Crippen MR) is 88.1 cm³/mol. The van der Waals surface area contributed by atoms with Crippen molar-refractivity contribution in [1.29, 1.82) is 0 Å². The molecule has 3 aromatic rings. The number of hydrogen-bond acceptors (Lipinski definition) is 1. The van der Waals surface area contributed by atoms with Gasteiger partial charge < -0.3 is 5.32 Å². The van der Waals surface area contributed by atoms with Gasteiger partial charge in [-0.25, -0.2) is 0 Å². The summed E-state index contributed by atoms with van der Waals surface area (Å²) >= 11 is 6.09. The van der Waals surface area contributed by atoms with E-state index in [-0.39, 0.29) is 5.91 Å². The van der Waals surface area contributed by atoms with Crippen molar-refractivity contribution in [3.63, 3.8) is 0 Å². The lowest BCUT2D eigenvalue weighted by atomic mass is 10.0. The van der Waals surface area contributed by atoms with Crippen LogP contribution in [0.4, 0.5) is 5.69 Å². The highest BCUT2D eigenvalue weighted by molar-refractivity contribution is 6.31. The van der Waals surface area contributed by atoms with E-state index in [4.69, 9.17) is 11.6 Å². The molecule has 0 radical (unpaired) electrons. The van der Waals surface area contributed by atoms with Gasteiger partial charge in [0.15, 0.2) is 0 Å². The minimum Gasteiger partial charge on any atom is -0.322 e. The van der Waals surface area contributed by atoms with E-state index < -0.39 is 0 Å². The van der Waals surface area contributed by atoms with E-state index in [0.29, 0.717) is 10.6 Å². The Bertz CT molecular complexity index is 821. The van der Waals surface area contributed by atoms with Crippen molar-refractivity contribution in [3.8, 4) is 0 Å². The topological polar surface area (TPSA) is 29.1 Å². The molecule has 0 aliphatic rings. The molecule has 0 aliphatic carbocycles. The Balaban J connectivity index is 2.00. The number of hydrogen-bond donors (Lipinski definition) is 1. The number of fused-ring (bicyclic) bond motifs is 1. The van der Waals surface area contributed by atoms with Crippen LogP contribution in [0.15, 0.2) is 60.7 Å². The van der Waals surface area contributed by atoms with Crippen LogP contribution in [0.25, 0.3) is 10.8 Å². The first-order valence-electron chi connectivity index (χ1n) is 6.71. The summed E-state index contributed by atoms with van der Waals surface area (Å²) in [6.45, 7) is 1.89. The molecule has 0 heterocycles. The lowest BCUT2D eigenvalue weighted by Gasteiger charge is -2.11. The Morgan fingerprint density at radius 3 is 2.52 bits per heavy atom. The zero-order valence-electron chi connectivity index (χ0n) is 11.6. The summed E-state index contributed by atoms with van der Waals surface area (Å²) in [6.07, 6.45) is 0. The number of amides is 1. The van der Waals surface area contributed by atoms with Gasteiger partial charge in [-0.15, -0.1) is 0 Å². The summed E-state index contributed by atoms with van der Waals surface area (Å²) in [5.41, 5.74) is 2.26. The Morgan fingerprint density at radius 2 is 1.67 bits per heavy atom. The summed E-state index contributed by atoms with van der Waals surface area (Å²) in [7, 11) is 0. The third kappa shape index (κ3) is 2.63. The normalized spacial score (nSPS) is 10.6. The summed E-state index contributed by atoms with van der Waals surface area (Å²) in [6, 6.07) is 19.1. The van der Waals surface area contributed by atoms with Crippen molar-refractivity contribution in [2.24, 2.45) is 0 Å². The molecule has 1 amide bonds. The molecular formula is C18H14ClNO. The van der Waals surface area contributed by atoms with Gasteiger partial charge >= 0.3 is 0 Å². The van der Waals surface area contributed by atoms with Crippen LogP contribution in [0.2, 0.25) is 5.02 Å². The molecule has 0 atom stereocenters. The average Bonchev–Trinajstić information content (AvgIpc) is 2.51. The number of carbonyl (C=O) groups is 1. The van der Waals surface area contributed by atoms with Crippen molar-refractivity contribution < 1.29 is 4.79 Å². The van der Waals surface area contributed by atoms with E-state index in [2.05, 4.69) is 5.32 Å². The Morgan fingerprint density at radius 1 is 0.952 bits per heavy atom. The molecule has 2 nitrogen and oxygen atoms in total. The molecule has 104 valence electrons. The van der Waals surface area contributed by atoms with Gasteiger partial charge in [0.2, 0.25) is 0 Å². The molecule has 1 N–H and O–H groups in total. The lowest BCUT2D eigenvalue weighted by Crippen LogP contribution is -2.13. The van der Waals surface area contributed by atoms with Crippen LogP contribution in [0, 0.1) is 6.92 Å². The van der Waals surface area contributed by atoms with Crippen LogP contribution >= 0.6 is 11.6 Å². The van der Waals surface area contributed by atoms with E-state index >= 15 is 0 Å². The summed E-state index contributed by atoms with van der Waals surface area (Å²) in [5, 5.41) is 5.57. The maximum atomic E-state index is 12.5. The highest BCUT2D eigenvalue weighted by Crippen LogP contribution is 2.25. The van der Waals surface area contributed by atoms with Crippen LogP contribution in [0.5, 0.6) is 0 Å². The van der Waals surface area contributed by atoms with Gasteiger partial charge in [-0.2, -0.15) is 0 Å². The van der Waals surface area contributed by atoms with Crippen LogP contribution in [0.3, 0.4) is 0 Å². The van der Waals surface area contributed by atoms with Crippen LogP contribution in [-0.2, 0) is 0 Å². The molecule has 0 bridgehead atoms. The van der Waals surface area contributed by atoms with Gasteiger partial charge in [-0.05, 0) is 41.5 Å². The summed E-state index contributed by atoms with van der Waals surface area (Å²) < 4.78 is 0. The van der Waals surface area contributed by atoms with Crippen LogP contribution in [0.1, 0.15) is 15.9 Å². The van der Waals surface area contributed by atoms with E-state index in [1.165, 1.54) is 0 Å². The minimum absolute atomic E-state index is 0.128. The molecule has 0 fully saturated rings. The highest BCUT2D eigenvalue weighted by atomic mass is 35.5. The first-order chi connectivity index (χ1) is 10.2. The van der Waals surface area contributed by atoms with Crippen LogP contribution in [-0.4, -0.2) is 5.91 Å². The maximum absolute atomic E-state index is 12.5. The van der Waals surface area contributed by atoms with Crippen molar-refractivity contribution >= 4 is 34.0 Å². The van der Waals surface area contributed by atoms with E-state index in [9.17, 15) is 4.79 Å². The largest absolute Gasteiger partial charge is 0.322 e. The number of carbonyl (C=O) groups excluding carboxylic acids is 1. The molecule has 0 saturated heterocycles. The van der Waals surface area contributed by atoms with Gasteiger partial charge in [0.25, 0.3) is 5.91 Å². The summed E-state index contributed by atoms with van der Waals surface area (Å²) in [5.74, 6) is -0.128. The molecule has 0 spiro atoms. The van der Waals surface area contributed by atoms with Gasteiger partial charge in [0.05, 0.1) is 0 Å². The molecule has 0 saturated carbocycles. The SMILES string of the molecule is Cc1c(Cl)cccc1NC(=O)c1cccc2ccccc12. The number of nitrogens with one attached hydrogen (secondary N) is 1. The molecule has 0 unspecified atom stereocenters. The first kappa shape index (κ1) is 13.7. The smallest absolute Gasteiger partial charge is 0.256 e. The third-order valence-corrected chi connectivity index (χ3v) is 3.96. The fourth-order valence-electron chi connectivity index (χ4n) is 2.36. The highest BCUT2D eigenvalue weighted by Gasteiger charge is 2.11. The quantitative estimate of drug-likeness (QED) is 0.704. The second-order valence-electron chi connectivity index (χ2n) is 4.89. The molecule has 3 rings (SSSR count). The zero-order chi connectivity index (χ0) is 14.8. The van der Waals surface area contributed by atoms with Gasteiger partial charge in [0.1, 0.15) is 0 Å². The van der Waals surface area contributed by atoms with E-state index in [0.717, 1.165) is 22.0 Å². The Labute approximate surface area is 128 Å². The Kier molecular flexibility index (Phi) is 3.63. The predicted octanol–water partition coefficient (Wildman–Crippen LogP) is 5.05. The van der Waals surface area contributed by atoms with Gasteiger partial charge in [-0.3, -0.25) is 4.79 Å². The van der Waals surface area contributed by atoms with Gasteiger partial charge in [0, 0.05) is 16.3 Å². The first-order valence-corrected chi connectivity index (χ1v) is 7.09. The van der Waals surface area contributed by atoms with Crippen molar-refractivity contribution in [3.05, 3.63) is 76.8 Å². The van der Waals surface area contributed by atoms with Crippen LogP contribution < -0.4 is 5.32 Å². The molecule has 0 aliphatic heterocycles. The molecule has 0 aromatic heterocycles. The summed E-state index contributed by atoms with van der Waals surface area (Å²) in [4.78, 5) is 12.5. The van der Waals surface area contributed by atoms with Crippen molar-refractivity contribution in [1.82, 2.24) is 0 Å². The van der Waals surface area contributed by atoms with Crippen molar-refractivity contribution in [2.75, 3.05) is 5.32 Å². The lowest BCUT2D eigenvalue weighted by molar-refractivity contribution is 0.102. The zero-order valence-corrected chi connectivity index (χ0v) is 12.3. The number of benzene rings is 3.